The Kier molecular flexibility index (Phi) is 3.73. The van der Waals surface area contributed by atoms with Crippen LogP contribution in [0.1, 0.15) is 61.3 Å². The van der Waals surface area contributed by atoms with E-state index in [0.29, 0.717) is 6.04 Å². The molecule has 3 nitrogen and oxygen atoms in total. The van der Waals surface area contributed by atoms with Crippen molar-refractivity contribution in [3.63, 3.8) is 0 Å². The van der Waals surface area contributed by atoms with Crippen LogP contribution in [0.4, 0.5) is 0 Å². The van der Waals surface area contributed by atoms with E-state index in [4.69, 9.17) is 0 Å². The normalized spacial score (nSPS) is 26.6. The summed E-state index contributed by atoms with van der Waals surface area (Å²) in [4.78, 5) is 2.48. The molecule has 1 fully saturated rings. The Hall–Kier alpha value is -0.440. The predicted octanol–water partition coefficient (Wildman–Crippen LogP) is 3.89. The molecule has 0 spiro atoms. The zero-order valence-electron chi connectivity index (χ0n) is 12.8. The van der Waals surface area contributed by atoms with Gasteiger partial charge in [0.2, 0.25) is 0 Å². The molecule has 0 aromatic heterocycles. The van der Waals surface area contributed by atoms with E-state index < -0.39 is 0 Å². The summed E-state index contributed by atoms with van der Waals surface area (Å²) in [7, 11) is 2.22. The van der Waals surface area contributed by atoms with Crippen LogP contribution in [0.2, 0.25) is 0 Å². The largest absolute Gasteiger partial charge is 0.296 e. The molecule has 0 saturated carbocycles. The van der Waals surface area contributed by atoms with Gasteiger partial charge in [-0.25, -0.2) is 0 Å². The van der Waals surface area contributed by atoms with Gasteiger partial charge in [-0.3, -0.25) is 4.90 Å². The van der Waals surface area contributed by atoms with Crippen molar-refractivity contribution in [1.82, 2.24) is 4.90 Å². The van der Waals surface area contributed by atoms with Crippen molar-refractivity contribution < 1.29 is 0 Å². The number of likely N-dealkylation sites (tertiary alicyclic amines) is 1. The molecule has 0 aliphatic carbocycles. The van der Waals surface area contributed by atoms with Gasteiger partial charge in [-0.05, 0) is 68.4 Å². The first-order valence-corrected chi connectivity index (χ1v) is 6.60. The number of rotatable bonds is 1. The highest BCUT2D eigenvalue weighted by Crippen LogP contribution is 2.38. The van der Waals surface area contributed by atoms with E-state index >= 15 is 0 Å². The lowest BCUT2D eigenvalue weighted by Gasteiger charge is -2.52. The van der Waals surface area contributed by atoms with Crippen LogP contribution in [-0.2, 0) is 0 Å². The summed E-state index contributed by atoms with van der Waals surface area (Å²) in [5.74, 6) is 0. The smallest absolute Gasteiger partial charge is 0.0743 e. The van der Waals surface area contributed by atoms with E-state index in [9.17, 15) is 0 Å². The Labute approximate surface area is 107 Å². The molecule has 0 N–H and O–H groups in total. The predicted molar refractivity (Wildman–Crippen MR) is 73.6 cm³/mol. The van der Waals surface area contributed by atoms with Gasteiger partial charge in [-0.15, -0.1) is 0 Å². The maximum Gasteiger partial charge on any atom is 0.0743 e. The number of hydrogen-bond donors (Lipinski definition) is 0. The molecule has 0 radical (unpaired) electrons. The van der Waals surface area contributed by atoms with Crippen LogP contribution in [-0.4, -0.2) is 34.6 Å². The third-order valence-electron chi connectivity index (χ3n) is 3.81. The van der Waals surface area contributed by atoms with Crippen molar-refractivity contribution in [2.45, 2.75) is 84.0 Å². The van der Waals surface area contributed by atoms with Gasteiger partial charge in [0, 0.05) is 11.1 Å². The van der Waals surface area contributed by atoms with Gasteiger partial charge in [-0.1, -0.05) is 0 Å². The molecule has 0 atom stereocenters. The molecule has 1 aliphatic heterocycles. The van der Waals surface area contributed by atoms with Gasteiger partial charge in [-0.2, -0.15) is 10.2 Å². The first-order valence-electron chi connectivity index (χ1n) is 6.60. The minimum Gasteiger partial charge on any atom is -0.296 e. The molecule has 1 aliphatic rings. The Balaban J connectivity index is 2.82. The summed E-state index contributed by atoms with van der Waals surface area (Å²) in [6.07, 6.45) is 2.18. The fourth-order valence-electron chi connectivity index (χ4n) is 2.66. The zero-order valence-corrected chi connectivity index (χ0v) is 12.8. The summed E-state index contributed by atoms with van der Waals surface area (Å²) in [6.45, 7) is 15.5. The molecule has 100 valence electrons. The molecule has 1 rings (SSSR count). The maximum absolute atomic E-state index is 4.58. The van der Waals surface area contributed by atoms with E-state index in [1.165, 1.54) is 0 Å². The highest BCUT2D eigenvalue weighted by atomic mass is 15.3. The van der Waals surface area contributed by atoms with Crippen LogP contribution in [0.5, 0.6) is 0 Å². The molecule has 0 aromatic rings. The standard InChI is InChI=1S/C14H29N3/c1-12(2,3)16-15-11-9-13(4,5)17(8)14(6,7)10-11/h11H,9-10H2,1-8H3. The minimum atomic E-state index is -0.0579. The van der Waals surface area contributed by atoms with Crippen LogP contribution in [0.25, 0.3) is 0 Å². The zero-order chi connectivity index (χ0) is 13.5. The first kappa shape index (κ1) is 14.6. The average Bonchev–Trinajstić information content (AvgIpc) is 2.09. The van der Waals surface area contributed by atoms with Crippen molar-refractivity contribution >= 4 is 0 Å². The third-order valence-corrected chi connectivity index (χ3v) is 3.81. The molecular weight excluding hydrogens is 210 g/mol. The van der Waals surface area contributed by atoms with Crippen LogP contribution in [0, 0.1) is 0 Å². The Morgan fingerprint density at radius 3 is 1.76 bits per heavy atom. The first-order chi connectivity index (χ1) is 7.44. The molecule has 3 heteroatoms. The molecule has 0 unspecified atom stereocenters. The second kappa shape index (κ2) is 4.34. The molecule has 0 amide bonds. The summed E-state index contributed by atoms with van der Waals surface area (Å²) in [5, 5.41) is 9.02. The number of piperidine rings is 1. The van der Waals surface area contributed by atoms with Crippen LogP contribution in [0.15, 0.2) is 10.2 Å². The summed E-state index contributed by atoms with van der Waals surface area (Å²) < 4.78 is 0. The quantitative estimate of drug-likeness (QED) is 0.638. The lowest BCUT2D eigenvalue weighted by molar-refractivity contribution is -0.0123. The highest BCUT2D eigenvalue weighted by molar-refractivity contribution is 5.00. The van der Waals surface area contributed by atoms with Crippen molar-refractivity contribution in [1.29, 1.82) is 0 Å². The van der Waals surface area contributed by atoms with Crippen LogP contribution in [0.3, 0.4) is 0 Å². The SMILES string of the molecule is CN1C(C)(C)CC(N=NC(C)(C)C)CC1(C)C. The number of hydrogen-bond acceptors (Lipinski definition) is 3. The van der Waals surface area contributed by atoms with Crippen molar-refractivity contribution in [3.05, 3.63) is 0 Å². The lowest BCUT2D eigenvalue weighted by Crippen LogP contribution is -2.59. The topological polar surface area (TPSA) is 28.0 Å². The van der Waals surface area contributed by atoms with Crippen LogP contribution >= 0.6 is 0 Å². The molecule has 17 heavy (non-hydrogen) atoms. The Morgan fingerprint density at radius 2 is 1.41 bits per heavy atom. The Bertz CT molecular complexity index is 279. The average molecular weight is 239 g/mol. The monoisotopic (exact) mass is 239 g/mol. The van der Waals surface area contributed by atoms with Gasteiger partial charge < -0.3 is 0 Å². The van der Waals surface area contributed by atoms with Gasteiger partial charge in [0.25, 0.3) is 0 Å². The van der Waals surface area contributed by atoms with Crippen LogP contribution < -0.4 is 0 Å². The van der Waals surface area contributed by atoms with Gasteiger partial charge in [0.1, 0.15) is 0 Å². The summed E-state index contributed by atoms with van der Waals surface area (Å²) >= 11 is 0. The van der Waals surface area contributed by atoms with E-state index in [1.54, 1.807) is 0 Å². The van der Waals surface area contributed by atoms with E-state index in [1.807, 2.05) is 0 Å². The highest BCUT2D eigenvalue weighted by Gasteiger charge is 2.43. The van der Waals surface area contributed by atoms with E-state index in [2.05, 4.69) is 70.6 Å². The van der Waals surface area contributed by atoms with Gasteiger partial charge in [0.15, 0.2) is 0 Å². The Morgan fingerprint density at radius 1 is 1.00 bits per heavy atom. The van der Waals surface area contributed by atoms with Crippen molar-refractivity contribution in [2.75, 3.05) is 7.05 Å². The molecule has 1 saturated heterocycles. The maximum atomic E-state index is 4.58. The van der Waals surface area contributed by atoms with E-state index in [-0.39, 0.29) is 16.6 Å². The summed E-state index contributed by atoms with van der Waals surface area (Å²) in [6, 6.07) is 0.357. The van der Waals surface area contributed by atoms with Crippen molar-refractivity contribution in [2.24, 2.45) is 10.2 Å². The molecule has 0 bridgehead atoms. The molecule has 1 heterocycles. The van der Waals surface area contributed by atoms with Gasteiger partial charge >= 0.3 is 0 Å². The fraction of sp³-hybridized carbons (Fsp3) is 1.00. The number of nitrogens with zero attached hydrogens (tertiary/aromatic N) is 3. The number of azo groups is 1. The van der Waals surface area contributed by atoms with Gasteiger partial charge in [0.05, 0.1) is 11.6 Å². The summed E-state index contributed by atoms with van der Waals surface area (Å²) in [5.41, 5.74) is 0.338. The second-order valence-corrected chi connectivity index (χ2v) is 7.63. The third kappa shape index (κ3) is 3.77. The van der Waals surface area contributed by atoms with E-state index in [0.717, 1.165) is 12.8 Å². The second-order valence-electron chi connectivity index (χ2n) is 7.63. The lowest BCUT2D eigenvalue weighted by atomic mass is 9.78. The van der Waals surface area contributed by atoms with Crippen molar-refractivity contribution in [3.8, 4) is 0 Å². The minimum absolute atomic E-state index is 0.0579. The fourth-order valence-corrected chi connectivity index (χ4v) is 2.66. The molecular formula is C14H29N3. The molecule has 0 aromatic carbocycles.